The number of ether oxygens (including phenoxy) is 2. The molecule has 1 aliphatic rings. The number of anilines is 1. The minimum Gasteiger partial charge on any atom is -0.507 e. The smallest absolute Gasteiger partial charge is 0.407 e. The van der Waals surface area contributed by atoms with Crippen LogP contribution in [0.1, 0.15) is 31.9 Å². The van der Waals surface area contributed by atoms with Gasteiger partial charge in [0.05, 0.1) is 20.3 Å². The molecule has 0 radical (unpaired) electrons. The molecule has 2 aromatic rings. The summed E-state index contributed by atoms with van der Waals surface area (Å²) in [6.07, 6.45) is -4.68. The fourth-order valence-electron chi connectivity index (χ4n) is 4.11. The van der Waals surface area contributed by atoms with Crippen molar-refractivity contribution in [3.8, 4) is 16.9 Å². The van der Waals surface area contributed by atoms with E-state index >= 15 is 4.39 Å². The number of esters is 1. The Bertz CT molecular complexity index is 1020. The zero-order chi connectivity index (χ0) is 25.8. The zero-order valence-corrected chi connectivity index (χ0v) is 19.9. The summed E-state index contributed by atoms with van der Waals surface area (Å²) in [7, 11) is 1.10. The maximum absolute atomic E-state index is 15.2. The average molecular weight is 499 g/mol. The second-order valence-electron chi connectivity index (χ2n) is 8.89. The van der Waals surface area contributed by atoms with Crippen molar-refractivity contribution >= 4 is 11.7 Å². The van der Waals surface area contributed by atoms with Gasteiger partial charge in [-0.25, -0.2) is 4.39 Å². The Morgan fingerprint density at radius 2 is 1.83 bits per heavy atom. The van der Waals surface area contributed by atoms with Crippen molar-refractivity contribution in [3.63, 3.8) is 0 Å². The van der Waals surface area contributed by atoms with Crippen molar-refractivity contribution in [2.24, 2.45) is 5.92 Å². The van der Waals surface area contributed by atoms with Gasteiger partial charge < -0.3 is 19.5 Å². The standard InChI is InChI=1S/C25H30F4N2O4/c1-15(2)12-21(24(33)34-3)30-23(25(27,28)29)16-4-6-18(20(26)13-16)19-14-17(5-7-22(19)32)31-8-10-35-11-9-31/h4-7,13-15,21,23,30,32H,8-12H2,1-3H3/t21-,23?/m0/s1. The van der Waals surface area contributed by atoms with Crippen LogP contribution in [0.5, 0.6) is 5.75 Å². The van der Waals surface area contributed by atoms with Gasteiger partial charge in [0.2, 0.25) is 0 Å². The third-order valence-electron chi connectivity index (χ3n) is 5.86. The van der Waals surface area contributed by atoms with E-state index in [4.69, 9.17) is 4.74 Å². The van der Waals surface area contributed by atoms with Crippen molar-refractivity contribution in [2.75, 3.05) is 38.3 Å². The van der Waals surface area contributed by atoms with E-state index in [0.29, 0.717) is 26.3 Å². The number of morpholine rings is 1. The van der Waals surface area contributed by atoms with Gasteiger partial charge in [-0.05, 0) is 42.2 Å². The third-order valence-corrected chi connectivity index (χ3v) is 5.86. The number of benzene rings is 2. The SMILES string of the molecule is COC(=O)[C@H](CC(C)C)NC(c1ccc(-c2cc(N3CCOCC3)ccc2O)c(F)c1)C(F)(F)F. The highest BCUT2D eigenvalue weighted by atomic mass is 19.4. The van der Waals surface area contributed by atoms with Crippen LogP contribution in [0.25, 0.3) is 11.1 Å². The maximum Gasteiger partial charge on any atom is 0.407 e. The second-order valence-corrected chi connectivity index (χ2v) is 8.89. The predicted molar refractivity (Wildman–Crippen MR) is 124 cm³/mol. The molecule has 1 fully saturated rings. The van der Waals surface area contributed by atoms with Crippen molar-refractivity contribution in [1.82, 2.24) is 5.32 Å². The largest absolute Gasteiger partial charge is 0.507 e. The molecular weight excluding hydrogens is 468 g/mol. The Balaban J connectivity index is 1.94. The number of carbonyl (C=O) groups is 1. The number of aromatic hydroxyl groups is 1. The highest BCUT2D eigenvalue weighted by molar-refractivity contribution is 5.76. The number of phenols is 1. The normalized spacial score (nSPS) is 16.3. The van der Waals surface area contributed by atoms with Crippen LogP contribution >= 0.6 is 0 Å². The van der Waals surface area contributed by atoms with Crippen molar-refractivity contribution in [2.45, 2.75) is 38.5 Å². The number of hydrogen-bond acceptors (Lipinski definition) is 6. The molecule has 1 saturated heterocycles. The van der Waals surface area contributed by atoms with E-state index in [1.807, 2.05) is 4.90 Å². The Kier molecular flexibility index (Phi) is 8.60. The first-order valence-corrected chi connectivity index (χ1v) is 11.4. The minimum atomic E-state index is -4.80. The van der Waals surface area contributed by atoms with Crippen LogP contribution in [0, 0.1) is 11.7 Å². The van der Waals surface area contributed by atoms with Crippen molar-refractivity contribution in [1.29, 1.82) is 0 Å². The van der Waals surface area contributed by atoms with Crippen LogP contribution in [-0.2, 0) is 14.3 Å². The molecule has 1 unspecified atom stereocenters. The van der Waals surface area contributed by atoms with Crippen LogP contribution in [0.3, 0.4) is 0 Å². The van der Waals surface area contributed by atoms with E-state index in [0.717, 1.165) is 24.9 Å². The van der Waals surface area contributed by atoms with Gasteiger partial charge in [0, 0.05) is 29.9 Å². The molecule has 3 rings (SSSR count). The number of rotatable bonds is 8. The number of phenolic OH excluding ortho intramolecular Hbond substituents is 1. The average Bonchev–Trinajstić information content (AvgIpc) is 2.81. The molecular formula is C25H30F4N2O4. The van der Waals surface area contributed by atoms with Crippen LogP contribution in [0.15, 0.2) is 36.4 Å². The van der Waals surface area contributed by atoms with Gasteiger partial charge >= 0.3 is 12.1 Å². The zero-order valence-electron chi connectivity index (χ0n) is 19.9. The van der Waals surface area contributed by atoms with Gasteiger partial charge in [0.15, 0.2) is 0 Å². The molecule has 10 heteroatoms. The van der Waals surface area contributed by atoms with Crippen molar-refractivity contribution < 1.29 is 36.9 Å². The number of alkyl halides is 3. The monoisotopic (exact) mass is 498 g/mol. The molecule has 35 heavy (non-hydrogen) atoms. The lowest BCUT2D eigenvalue weighted by Crippen LogP contribution is -2.45. The Hall–Kier alpha value is -2.85. The van der Waals surface area contributed by atoms with E-state index in [9.17, 15) is 23.1 Å². The summed E-state index contributed by atoms with van der Waals surface area (Å²) < 4.78 is 67.0. The molecule has 0 spiro atoms. The molecule has 1 heterocycles. The van der Waals surface area contributed by atoms with E-state index < -0.39 is 30.0 Å². The van der Waals surface area contributed by atoms with E-state index in [1.165, 1.54) is 12.1 Å². The van der Waals surface area contributed by atoms with Gasteiger partial charge in [-0.1, -0.05) is 26.0 Å². The predicted octanol–water partition coefficient (Wildman–Crippen LogP) is 4.82. The molecule has 0 aromatic heterocycles. The van der Waals surface area contributed by atoms with Gasteiger partial charge in [-0.2, -0.15) is 13.2 Å². The number of nitrogens with one attached hydrogen (secondary N) is 1. The summed E-state index contributed by atoms with van der Waals surface area (Å²) in [5, 5.41) is 12.7. The van der Waals surface area contributed by atoms with Crippen LogP contribution < -0.4 is 10.2 Å². The molecule has 0 amide bonds. The molecule has 2 atom stereocenters. The maximum atomic E-state index is 15.2. The Morgan fingerprint density at radius 3 is 2.40 bits per heavy atom. The van der Waals surface area contributed by atoms with E-state index in [1.54, 1.807) is 26.0 Å². The summed E-state index contributed by atoms with van der Waals surface area (Å²) in [5.41, 5.74) is 0.491. The molecule has 0 saturated carbocycles. The number of carbonyl (C=O) groups excluding carboxylic acids is 1. The van der Waals surface area contributed by atoms with Crippen molar-refractivity contribution in [3.05, 3.63) is 47.8 Å². The van der Waals surface area contributed by atoms with Crippen LogP contribution in [0.4, 0.5) is 23.2 Å². The first-order chi connectivity index (χ1) is 16.5. The summed E-state index contributed by atoms with van der Waals surface area (Å²) in [6.45, 7) is 5.87. The Morgan fingerprint density at radius 1 is 1.14 bits per heavy atom. The molecule has 6 nitrogen and oxygen atoms in total. The Labute approximate surface area is 201 Å². The number of halogens is 4. The van der Waals surface area contributed by atoms with Gasteiger partial charge in [-0.15, -0.1) is 0 Å². The fraction of sp³-hybridized carbons (Fsp3) is 0.480. The fourth-order valence-corrected chi connectivity index (χ4v) is 4.11. The lowest BCUT2D eigenvalue weighted by atomic mass is 9.97. The molecule has 2 N–H and O–H groups in total. The summed E-state index contributed by atoms with van der Waals surface area (Å²) >= 11 is 0. The summed E-state index contributed by atoms with van der Waals surface area (Å²) in [4.78, 5) is 14.1. The summed E-state index contributed by atoms with van der Waals surface area (Å²) in [6, 6.07) is 4.36. The number of hydrogen-bond donors (Lipinski definition) is 2. The molecule has 1 aliphatic heterocycles. The third kappa shape index (κ3) is 6.64. The quantitative estimate of drug-likeness (QED) is 0.402. The highest BCUT2D eigenvalue weighted by Crippen LogP contribution is 2.38. The second kappa shape index (κ2) is 11.3. The van der Waals surface area contributed by atoms with Gasteiger partial charge in [0.1, 0.15) is 23.7 Å². The number of nitrogens with zero attached hydrogens (tertiary/aromatic N) is 1. The molecule has 0 bridgehead atoms. The van der Waals surface area contributed by atoms with Crippen LogP contribution in [0.2, 0.25) is 0 Å². The minimum absolute atomic E-state index is 0.0333. The topological polar surface area (TPSA) is 71.0 Å². The first-order valence-electron chi connectivity index (χ1n) is 11.4. The van der Waals surface area contributed by atoms with Gasteiger partial charge in [-0.3, -0.25) is 10.1 Å². The highest BCUT2D eigenvalue weighted by Gasteiger charge is 2.43. The molecule has 2 aromatic carbocycles. The van der Waals surface area contributed by atoms with E-state index in [2.05, 4.69) is 10.1 Å². The summed E-state index contributed by atoms with van der Waals surface area (Å²) in [5.74, 6) is -2.02. The van der Waals surface area contributed by atoms with Crippen LogP contribution in [-0.4, -0.2) is 56.7 Å². The lowest BCUT2D eigenvalue weighted by Gasteiger charge is -2.29. The molecule has 192 valence electrons. The lowest BCUT2D eigenvalue weighted by molar-refractivity contribution is -0.164. The van der Waals surface area contributed by atoms with Gasteiger partial charge in [0.25, 0.3) is 0 Å². The molecule has 0 aliphatic carbocycles. The number of methoxy groups -OCH3 is 1. The first kappa shape index (κ1) is 26.7. The van der Waals surface area contributed by atoms with E-state index in [-0.39, 0.29) is 34.8 Å².